The number of Topliss-reactive ketones (excluding diaryl/α,β-unsaturated/α-hetero) is 1. The molecule has 26 heavy (non-hydrogen) atoms. The van der Waals surface area contributed by atoms with Gasteiger partial charge in [0.2, 0.25) is 0 Å². The van der Waals surface area contributed by atoms with Crippen LogP contribution in [-0.4, -0.2) is 37.6 Å². The Morgan fingerprint density at radius 2 is 2.04 bits per heavy atom. The molecule has 0 amide bonds. The van der Waals surface area contributed by atoms with Crippen LogP contribution < -0.4 is 5.32 Å². The monoisotopic (exact) mass is 357 g/mol. The maximum atomic E-state index is 12.7. The molecule has 0 saturated carbocycles. The van der Waals surface area contributed by atoms with Crippen molar-refractivity contribution in [3.8, 4) is 0 Å². The maximum absolute atomic E-state index is 12.7. The number of benzene rings is 1. The molecule has 0 bridgehead atoms. The van der Waals surface area contributed by atoms with Crippen LogP contribution in [0, 0.1) is 0 Å². The first-order valence-corrected chi connectivity index (χ1v) is 9.17. The molecule has 0 fully saturated rings. The zero-order chi connectivity index (χ0) is 18.8. The number of ketones is 1. The fourth-order valence-electron chi connectivity index (χ4n) is 2.74. The number of carbonyl (C=O) groups is 2. The second-order valence-electron chi connectivity index (χ2n) is 6.14. The van der Waals surface area contributed by atoms with E-state index in [9.17, 15) is 9.59 Å². The molecular weight excluding hydrogens is 330 g/mol. The summed E-state index contributed by atoms with van der Waals surface area (Å²) in [7, 11) is 0. The van der Waals surface area contributed by atoms with Crippen LogP contribution in [0.15, 0.2) is 48.1 Å². The van der Waals surface area contributed by atoms with Gasteiger partial charge in [-0.1, -0.05) is 43.7 Å². The summed E-state index contributed by atoms with van der Waals surface area (Å²) in [6.07, 6.45) is 5.28. The molecule has 1 aromatic rings. The van der Waals surface area contributed by atoms with Gasteiger partial charge in [-0.3, -0.25) is 4.79 Å². The fraction of sp³-hybridized carbons (Fsp3) is 0.429. The summed E-state index contributed by atoms with van der Waals surface area (Å²) in [4.78, 5) is 24.3. The van der Waals surface area contributed by atoms with Crippen molar-refractivity contribution in [3.63, 3.8) is 0 Å². The predicted octanol–water partition coefficient (Wildman–Crippen LogP) is 3.26. The van der Waals surface area contributed by atoms with E-state index < -0.39 is 5.97 Å². The Morgan fingerprint density at radius 3 is 2.73 bits per heavy atom. The number of rotatable bonds is 9. The zero-order valence-corrected chi connectivity index (χ0v) is 15.5. The van der Waals surface area contributed by atoms with Crippen LogP contribution in [0.4, 0.5) is 0 Å². The van der Waals surface area contributed by atoms with Crippen molar-refractivity contribution in [1.29, 1.82) is 0 Å². The third-order valence-corrected chi connectivity index (χ3v) is 4.05. The van der Waals surface area contributed by atoms with E-state index in [0.29, 0.717) is 31.8 Å². The van der Waals surface area contributed by atoms with Gasteiger partial charge in [-0.15, -0.1) is 0 Å². The number of unbranched alkanes of at least 4 members (excludes halogenated alkanes) is 1. The third-order valence-electron chi connectivity index (χ3n) is 4.05. The zero-order valence-electron chi connectivity index (χ0n) is 15.5. The highest BCUT2D eigenvalue weighted by atomic mass is 16.5. The minimum Gasteiger partial charge on any atom is -0.463 e. The molecule has 0 unspecified atom stereocenters. The first-order valence-electron chi connectivity index (χ1n) is 9.17. The molecule has 2 rings (SSSR count). The maximum Gasteiger partial charge on any atom is 0.330 e. The van der Waals surface area contributed by atoms with Crippen LogP contribution in [-0.2, 0) is 19.1 Å². The van der Waals surface area contributed by atoms with E-state index in [1.54, 1.807) is 13.0 Å². The van der Waals surface area contributed by atoms with E-state index in [0.717, 1.165) is 24.1 Å². The van der Waals surface area contributed by atoms with Crippen molar-refractivity contribution >= 4 is 17.4 Å². The number of allylic oxidation sites excluding steroid dienone is 2. The van der Waals surface area contributed by atoms with Crippen LogP contribution >= 0.6 is 0 Å². The lowest BCUT2D eigenvalue weighted by Gasteiger charge is -2.28. The lowest BCUT2D eigenvalue weighted by molar-refractivity contribution is -0.137. The van der Waals surface area contributed by atoms with E-state index in [1.165, 1.54) is 6.08 Å². The van der Waals surface area contributed by atoms with Crippen LogP contribution in [0.1, 0.15) is 38.7 Å². The molecule has 1 atom stereocenters. The molecule has 0 aromatic heterocycles. The summed E-state index contributed by atoms with van der Waals surface area (Å²) in [5.41, 5.74) is 2.13. The Balaban J connectivity index is 2.22. The Hall–Kier alpha value is -2.40. The van der Waals surface area contributed by atoms with Crippen molar-refractivity contribution in [2.75, 3.05) is 19.8 Å². The highest BCUT2D eigenvalue weighted by Crippen LogP contribution is 2.25. The normalized spacial score (nSPS) is 17.5. The summed E-state index contributed by atoms with van der Waals surface area (Å²) in [6.45, 7) is 5.35. The Labute approximate surface area is 155 Å². The van der Waals surface area contributed by atoms with Gasteiger partial charge in [-0.05, 0) is 25.0 Å². The van der Waals surface area contributed by atoms with Crippen LogP contribution in [0.2, 0.25) is 0 Å². The lowest BCUT2D eigenvalue weighted by atomic mass is 9.93. The Morgan fingerprint density at radius 1 is 1.27 bits per heavy atom. The highest BCUT2D eigenvalue weighted by molar-refractivity contribution is 6.07. The molecule has 1 aliphatic heterocycles. The highest BCUT2D eigenvalue weighted by Gasteiger charge is 2.26. The van der Waals surface area contributed by atoms with E-state index in [4.69, 9.17) is 9.47 Å². The molecule has 1 aromatic carbocycles. The molecule has 5 heteroatoms. The molecular formula is C21H27NO4. The summed E-state index contributed by atoms with van der Waals surface area (Å²) in [6, 6.07) is 9.57. The number of hydrogen-bond donors (Lipinski definition) is 1. The van der Waals surface area contributed by atoms with Crippen molar-refractivity contribution in [2.45, 2.75) is 39.2 Å². The second-order valence-corrected chi connectivity index (χ2v) is 6.14. The average molecular weight is 357 g/mol. The van der Waals surface area contributed by atoms with E-state index in [2.05, 4.69) is 12.2 Å². The minimum atomic E-state index is -0.453. The van der Waals surface area contributed by atoms with Crippen LogP contribution in [0.25, 0.3) is 5.70 Å². The van der Waals surface area contributed by atoms with Gasteiger partial charge in [0.25, 0.3) is 0 Å². The number of hydrogen-bond acceptors (Lipinski definition) is 5. The van der Waals surface area contributed by atoms with E-state index in [-0.39, 0.29) is 11.8 Å². The van der Waals surface area contributed by atoms with Crippen molar-refractivity contribution < 1.29 is 19.1 Å². The molecule has 1 aliphatic rings. The molecule has 1 N–H and O–H groups in total. The smallest absolute Gasteiger partial charge is 0.330 e. The predicted molar refractivity (Wildman–Crippen MR) is 101 cm³/mol. The number of carbonyl (C=O) groups excluding carboxylic acids is 2. The first kappa shape index (κ1) is 19.9. The summed E-state index contributed by atoms with van der Waals surface area (Å²) < 4.78 is 10.6. The van der Waals surface area contributed by atoms with E-state index in [1.807, 2.05) is 30.3 Å². The summed E-state index contributed by atoms with van der Waals surface area (Å²) in [5.74, 6) is -0.461. The molecule has 140 valence electrons. The van der Waals surface area contributed by atoms with Gasteiger partial charge in [0, 0.05) is 24.7 Å². The molecule has 0 spiro atoms. The van der Waals surface area contributed by atoms with Crippen molar-refractivity contribution in [2.24, 2.45) is 0 Å². The van der Waals surface area contributed by atoms with Crippen molar-refractivity contribution in [1.82, 2.24) is 5.32 Å². The Kier molecular flexibility index (Phi) is 8.09. The molecule has 0 aliphatic carbocycles. The van der Waals surface area contributed by atoms with Gasteiger partial charge in [0.15, 0.2) is 5.78 Å². The fourth-order valence-corrected chi connectivity index (χ4v) is 2.74. The quantitative estimate of drug-likeness (QED) is 0.417. The number of nitrogens with one attached hydrogen (secondary N) is 1. The minimum absolute atomic E-state index is 0.00718. The SMILES string of the molecule is CCCCOC[C@H]1CC(=O)C(/C=C/C(=O)OCC)=C(c2ccccc2)N1. The summed E-state index contributed by atoms with van der Waals surface area (Å²) >= 11 is 0. The van der Waals surface area contributed by atoms with Gasteiger partial charge in [0.1, 0.15) is 0 Å². The largest absolute Gasteiger partial charge is 0.463 e. The standard InChI is InChI=1S/C21H27NO4/c1-3-5-13-25-15-17-14-19(23)18(11-12-20(24)26-4-2)21(22-17)16-9-7-6-8-10-16/h6-12,17,22H,3-5,13-15H2,1-2H3/b12-11+/t17-/m1/s1. The van der Waals surface area contributed by atoms with Gasteiger partial charge in [-0.2, -0.15) is 0 Å². The topological polar surface area (TPSA) is 64.6 Å². The third kappa shape index (κ3) is 5.85. The Bertz CT molecular complexity index is 664. The summed E-state index contributed by atoms with van der Waals surface area (Å²) in [5, 5.41) is 3.41. The van der Waals surface area contributed by atoms with Gasteiger partial charge >= 0.3 is 5.97 Å². The molecule has 0 saturated heterocycles. The van der Waals surface area contributed by atoms with E-state index >= 15 is 0 Å². The second kappa shape index (κ2) is 10.6. The van der Waals surface area contributed by atoms with Gasteiger partial charge in [0.05, 0.1) is 25.0 Å². The average Bonchev–Trinajstić information content (AvgIpc) is 2.65. The van der Waals surface area contributed by atoms with Gasteiger partial charge in [-0.25, -0.2) is 4.79 Å². The molecule has 5 nitrogen and oxygen atoms in total. The lowest BCUT2D eigenvalue weighted by Crippen LogP contribution is -2.39. The first-order chi connectivity index (χ1) is 12.7. The molecule has 1 heterocycles. The number of ether oxygens (including phenoxy) is 2. The number of esters is 1. The molecule has 0 radical (unpaired) electrons. The van der Waals surface area contributed by atoms with Crippen LogP contribution in [0.3, 0.4) is 0 Å². The van der Waals surface area contributed by atoms with Crippen molar-refractivity contribution in [3.05, 3.63) is 53.6 Å². The van der Waals surface area contributed by atoms with Crippen LogP contribution in [0.5, 0.6) is 0 Å². The van der Waals surface area contributed by atoms with Gasteiger partial charge < -0.3 is 14.8 Å².